The highest BCUT2D eigenvalue weighted by Gasteiger charge is 2.12. The summed E-state index contributed by atoms with van der Waals surface area (Å²) in [6, 6.07) is 0. The molecule has 1 fully saturated rings. The zero-order valence-electron chi connectivity index (χ0n) is 6.64. The fourth-order valence-corrected chi connectivity index (χ4v) is 1.47. The van der Waals surface area contributed by atoms with Gasteiger partial charge in [-0.05, 0) is 31.8 Å². The van der Waals surface area contributed by atoms with Gasteiger partial charge in [-0.1, -0.05) is 0 Å². The van der Waals surface area contributed by atoms with E-state index in [4.69, 9.17) is 5.84 Å². The van der Waals surface area contributed by atoms with Crippen molar-refractivity contribution in [1.29, 1.82) is 0 Å². The summed E-state index contributed by atoms with van der Waals surface area (Å²) in [5, 5.41) is 5.12. The maximum absolute atomic E-state index is 5.54. The van der Waals surface area contributed by atoms with Crippen molar-refractivity contribution in [2.24, 2.45) is 11.8 Å². The third-order valence-electron chi connectivity index (χ3n) is 2.00. The largest absolute Gasteiger partial charge is 0.317 e. The lowest BCUT2D eigenvalue weighted by atomic mass is 9.98. The predicted octanol–water partition coefficient (Wildman–Crippen LogP) is -0.208. The van der Waals surface area contributed by atoms with Crippen molar-refractivity contribution in [2.75, 3.05) is 26.7 Å². The Balaban J connectivity index is 2.13. The van der Waals surface area contributed by atoms with Crippen LogP contribution in [0, 0.1) is 5.92 Å². The number of piperidine rings is 1. The smallest absolute Gasteiger partial charge is 0.0154 e. The SMILES string of the molecule is CN(N)CC1CCNCC1. The molecule has 0 aromatic heterocycles. The van der Waals surface area contributed by atoms with Crippen LogP contribution in [0.3, 0.4) is 0 Å². The molecule has 3 N–H and O–H groups in total. The summed E-state index contributed by atoms with van der Waals surface area (Å²) in [5.74, 6) is 6.35. The molecular formula is C7H17N3. The number of rotatable bonds is 2. The molecule has 0 radical (unpaired) electrons. The first-order chi connectivity index (χ1) is 4.79. The van der Waals surface area contributed by atoms with Crippen molar-refractivity contribution in [1.82, 2.24) is 10.3 Å². The van der Waals surface area contributed by atoms with Gasteiger partial charge in [-0.15, -0.1) is 0 Å². The Morgan fingerprint density at radius 2 is 2.10 bits per heavy atom. The van der Waals surface area contributed by atoms with Crippen molar-refractivity contribution in [3.05, 3.63) is 0 Å². The Morgan fingerprint density at radius 3 is 2.60 bits per heavy atom. The minimum atomic E-state index is 0.816. The standard InChI is InChI=1S/C7H17N3/c1-10(8)6-7-2-4-9-5-3-7/h7,9H,2-6,8H2,1H3. The maximum atomic E-state index is 5.54. The second kappa shape index (κ2) is 3.91. The summed E-state index contributed by atoms with van der Waals surface area (Å²) in [5.41, 5.74) is 0. The molecule has 1 saturated heterocycles. The molecule has 3 nitrogen and oxygen atoms in total. The molecule has 1 aliphatic rings. The lowest BCUT2D eigenvalue weighted by Gasteiger charge is -2.24. The van der Waals surface area contributed by atoms with Gasteiger partial charge in [0.2, 0.25) is 0 Å². The fourth-order valence-electron chi connectivity index (χ4n) is 1.47. The van der Waals surface area contributed by atoms with Crippen LogP contribution in [-0.4, -0.2) is 31.7 Å². The summed E-state index contributed by atoms with van der Waals surface area (Å²) in [4.78, 5) is 0. The normalized spacial score (nSPS) is 21.9. The first kappa shape index (κ1) is 7.98. The van der Waals surface area contributed by atoms with Gasteiger partial charge in [0.25, 0.3) is 0 Å². The molecule has 0 aromatic rings. The molecule has 3 heteroatoms. The number of hydrogen-bond acceptors (Lipinski definition) is 3. The van der Waals surface area contributed by atoms with Gasteiger partial charge in [0.15, 0.2) is 0 Å². The Labute approximate surface area is 62.5 Å². The monoisotopic (exact) mass is 143 g/mol. The summed E-state index contributed by atoms with van der Waals surface area (Å²) in [6.07, 6.45) is 2.56. The number of nitrogens with two attached hydrogens (primary N) is 1. The Kier molecular flexibility index (Phi) is 3.12. The van der Waals surface area contributed by atoms with Crippen molar-refractivity contribution in [2.45, 2.75) is 12.8 Å². The average molecular weight is 143 g/mol. The van der Waals surface area contributed by atoms with Crippen LogP contribution in [0.2, 0.25) is 0 Å². The summed E-state index contributed by atoms with van der Waals surface area (Å²) in [7, 11) is 1.93. The van der Waals surface area contributed by atoms with Crippen LogP contribution >= 0.6 is 0 Å². The molecule has 0 amide bonds. The Morgan fingerprint density at radius 1 is 1.50 bits per heavy atom. The third kappa shape index (κ3) is 2.64. The average Bonchev–Trinajstić information content (AvgIpc) is 1.88. The zero-order chi connectivity index (χ0) is 7.40. The van der Waals surface area contributed by atoms with Crippen LogP contribution in [0.15, 0.2) is 0 Å². The minimum Gasteiger partial charge on any atom is -0.317 e. The molecule has 0 saturated carbocycles. The van der Waals surface area contributed by atoms with Gasteiger partial charge in [-0.25, -0.2) is 5.01 Å². The molecular weight excluding hydrogens is 126 g/mol. The van der Waals surface area contributed by atoms with E-state index < -0.39 is 0 Å². The molecule has 0 aliphatic carbocycles. The highest BCUT2D eigenvalue weighted by molar-refractivity contribution is 4.69. The van der Waals surface area contributed by atoms with E-state index in [1.807, 2.05) is 7.05 Å². The highest BCUT2D eigenvalue weighted by Crippen LogP contribution is 2.10. The fraction of sp³-hybridized carbons (Fsp3) is 1.00. The van der Waals surface area contributed by atoms with Gasteiger partial charge in [0, 0.05) is 13.6 Å². The summed E-state index contributed by atoms with van der Waals surface area (Å²) >= 11 is 0. The maximum Gasteiger partial charge on any atom is 0.0154 e. The van der Waals surface area contributed by atoms with E-state index in [2.05, 4.69) is 5.32 Å². The molecule has 0 spiro atoms. The molecule has 0 aromatic carbocycles. The van der Waals surface area contributed by atoms with Gasteiger partial charge in [-0.3, -0.25) is 5.84 Å². The molecule has 60 valence electrons. The molecule has 1 aliphatic heterocycles. The molecule has 1 rings (SSSR count). The topological polar surface area (TPSA) is 41.3 Å². The van der Waals surface area contributed by atoms with Crippen LogP contribution in [0.25, 0.3) is 0 Å². The van der Waals surface area contributed by atoms with Gasteiger partial charge >= 0.3 is 0 Å². The van der Waals surface area contributed by atoms with E-state index in [-0.39, 0.29) is 0 Å². The van der Waals surface area contributed by atoms with Crippen LogP contribution in [0.1, 0.15) is 12.8 Å². The number of nitrogens with one attached hydrogen (secondary N) is 1. The van der Waals surface area contributed by atoms with Crippen molar-refractivity contribution in [3.63, 3.8) is 0 Å². The van der Waals surface area contributed by atoms with E-state index in [0.717, 1.165) is 12.5 Å². The number of nitrogens with zero attached hydrogens (tertiary/aromatic N) is 1. The minimum absolute atomic E-state index is 0.816. The third-order valence-corrected chi connectivity index (χ3v) is 2.00. The van der Waals surface area contributed by atoms with Crippen LogP contribution in [-0.2, 0) is 0 Å². The van der Waals surface area contributed by atoms with Gasteiger partial charge < -0.3 is 5.32 Å². The van der Waals surface area contributed by atoms with Gasteiger partial charge in [-0.2, -0.15) is 0 Å². The highest BCUT2D eigenvalue weighted by atomic mass is 15.4. The van der Waals surface area contributed by atoms with E-state index in [9.17, 15) is 0 Å². The Hall–Kier alpha value is -0.120. The molecule has 10 heavy (non-hydrogen) atoms. The quantitative estimate of drug-likeness (QED) is 0.415. The van der Waals surface area contributed by atoms with E-state index in [1.54, 1.807) is 5.01 Å². The number of hydrazine groups is 1. The van der Waals surface area contributed by atoms with E-state index in [0.29, 0.717) is 0 Å². The van der Waals surface area contributed by atoms with Gasteiger partial charge in [0.05, 0.1) is 0 Å². The first-order valence-electron chi connectivity index (χ1n) is 3.95. The predicted molar refractivity (Wildman–Crippen MR) is 42.4 cm³/mol. The molecule has 0 bridgehead atoms. The van der Waals surface area contributed by atoms with Crippen molar-refractivity contribution < 1.29 is 0 Å². The summed E-state index contributed by atoms with van der Waals surface area (Å²) < 4.78 is 0. The van der Waals surface area contributed by atoms with E-state index >= 15 is 0 Å². The lowest BCUT2D eigenvalue weighted by Crippen LogP contribution is -2.37. The van der Waals surface area contributed by atoms with Crippen molar-refractivity contribution in [3.8, 4) is 0 Å². The van der Waals surface area contributed by atoms with Gasteiger partial charge in [0.1, 0.15) is 0 Å². The molecule has 0 atom stereocenters. The number of hydrogen-bond donors (Lipinski definition) is 2. The van der Waals surface area contributed by atoms with E-state index in [1.165, 1.54) is 25.9 Å². The van der Waals surface area contributed by atoms with Crippen LogP contribution < -0.4 is 11.2 Å². The van der Waals surface area contributed by atoms with Crippen LogP contribution in [0.4, 0.5) is 0 Å². The van der Waals surface area contributed by atoms with Crippen LogP contribution in [0.5, 0.6) is 0 Å². The molecule has 1 heterocycles. The second-order valence-corrected chi connectivity index (χ2v) is 3.13. The first-order valence-corrected chi connectivity index (χ1v) is 3.95. The summed E-state index contributed by atoms with van der Waals surface area (Å²) in [6.45, 7) is 3.37. The Bertz CT molecular complexity index is 86.9. The molecule has 0 unspecified atom stereocenters. The zero-order valence-corrected chi connectivity index (χ0v) is 6.64. The second-order valence-electron chi connectivity index (χ2n) is 3.13. The van der Waals surface area contributed by atoms with Crippen molar-refractivity contribution >= 4 is 0 Å². The lowest BCUT2D eigenvalue weighted by molar-refractivity contribution is 0.245.